The minimum Gasteiger partial charge on any atom is -0.456 e. The average Bonchev–Trinajstić information content (AvgIpc) is 1.62. The van der Waals surface area contributed by atoms with Gasteiger partial charge in [-0.15, -0.1) is 0 Å². The molecule has 0 fully saturated rings. The highest BCUT2D eigenvalue weighted by Crippen LogP contribution is 2.47. The minimum atomic E-state index is -0.277. The molecular weight excluding hydrogens is 1790 g/mol. The molecule has 1 aliphatic carbocycles. The Morgan fingerprint density at radius 1 is 0.185 bits per heavy atom. The van der Waals surface area contributed by atoms with Gasteiger partial charge in [-0.2, -0.15) is 0 Å². The monoisotopic (exact) mass is 1870 g/mol. The second-order valence-electron chi connectivity index (χ2n) is 37.7. The highest BCUT2D eigenvalue weighted by molar-refractivity contribution is 6.18. The van der Waals surface area contributed by atoms with E-state index in [4.69, 9.17) is 34.3 Å². The maximum atomic E-state index is 13.9. The number of hydrogen-bond donors (Lipinski definition) is 0. The van der Waals surface area contributed by atoms with Crippen LogP contribution >= 0.6 is 0 Å². The minimum absolute atomic E-state index is 0.276. The molecule has 146 heavy (non-hydrogen) atoms. The molecule has 9 heterocycles. The van der Waals surface area contributed by atoms with Crippen molar-refractivity contribution in [3.8, 4) is 96.4 Å². The fourth-order valence-corrected chi connectivity index (χ4v) is 22.8. The van der Waals surface area contributed by atoms with Gasteiger partial charge in [-0.3, -0.25) is 13.7 Å². The summed E-state index contributed by atoms with van der Waals surface area (Å²) in [6.07, 6.45) is 2.19. The van der Waals surface area contributed by atoms with Crippen LogP contribution in [0.15, 0.2) is 472 Å². The summed E-state index contributed by atoms with van der Waals surface area (Å²) < 4.78 is 45.0. The Hall–Kier alpha value is -19.4. The molecule has 0 aliphatic heterocycles. The summed E-state index contributed by atoms with van der Waals surface area (Å²) >= 11 is 0. The Labute approximate surface area is 833 Å². The summed E-state index contributed by atoms with van der Waals surface area (Å²) in [5, 5.41) is 19.6. The molecule has 0 spiro atoms. The van der Waals surface area contributed by atoms with Gasteiger partial charge in [-0.25, -0.2) is 38.7 Å². The first-order chi connectivity index (χ1) is 72.2. The zero-order chi connectivity index (χ0) is 96.3. The first kappa shape index (κ1) is 83.5. The number of fused-ring (bicyclic) bond motifs is 21. The Morgan fingerprint density at radius 3 is 0.863 bits per heavy atom. The molecule has 31 rings (SSSR count). The molecule has 12 nitrogen and oxygen atoms in total. The Kier molecular flexibility index (Phi) is 19.3. The Morgan fingerprint density at radius 2 is 0.466 bits per heavy atom. The van der Waals surface area contributed by atoms with Crippen LogP contribution in [-0.4, -0.2) is 52.7 Å². The lowest BCUT2D eigenvalue weighted by molar-refractivity contribution is 0.627. The van der Waals surface area contributed by atoms with E-state index >= 15 is 0 Å². The summed E-state index contributed by atoms with van der Waals surface area (Å²) in [4.78, 5) is 31.1. The molecule has 0 saturated carbocycles. The molecule has 1 aliphatic rings. The van der Waals surface area contributed by atoms with Gasteiger partial charge >= 0.3 is 0 Å². The van der Waals surface area contributed by atoms with Gasteiger partial charge in [-0.1, -0.05) is 267 Å². The number of furan rings is 1. The third kappa shape index (κ3) is 13.6. The van der Waals surface area contributed by atoms with Crippen LogP contribution in [0.4, 0.5) is 8.78 Å². The van der Waals surface area contributed by atoms with Crippen LogP contribution in [0.3, 0.4) is 0 Å². The van der Waals surface area contributed by atoms with Crippen LogP contribution in [0.1, 0.15) is 11.1 Å². The lowest BCUT2D eigenvalue weighted by Gasteiger charge is -2.14. The lowest BCUT2D eigenvalue weighted by Crippen LogP contribution is -2.03. The summed E-state index contributed by atoms with van der Waals surface area (Å²) in [6, 6.07) is 161. The van der Waals surface area contributed by atoms with E-state index in [1.165, 1.54) is 117 Å². The van der Waals surface area contributed by atoms with E-state index < -0.39 is 0 Å². The van der Waals surface area contributed by atoms with E-state index in [-0.39, 0.29) is 11.6 Å². The topological polar surface area (TPSA) is 115 Å². The van der Waals surface area contributed by atoms with Crippen molar-refractivity contribution in [2.24, 2.45) is 0 Å². The van der Waals surface area contributed by atoms with E-state index in [1.807, 2.05) is 72.8 Å². The van der Waals surface area contributed by atoms with E-state index in [1.54, 1.807) is 24.3 Å². The molecule has 684 valence electrons. The van der Waals surface area contributed by atoms with Crippen LogP contribution < -0.4 is 0 Å². The van der Waals surface area contributed by atoms with Crippen molar-refractivity contribution >= 4 is 174 Å². The van der Waals surface area contributed by atoms with Crippen molar-refractivity contribution in [3.63, 3.8) is 0 Å². The third-order valence-corrected chi connectivity index (χ3v) is 29.5. The number of nitrogens with zero attached hydrogens (tertiary/aromatic N) is 11. The quantitative estimate of drug-likeness (QED) is 0.127. The van der Waals surface area contributed by atoms with Crippen molar-refractivity contribution in [1.29, 1.82) is 0 Å². The summed E-state index contributed by atoms with van der Waals surface area (Å²) in [6.45, 7) is 0. The maximum absolute atomic E-state index is 13.9. The standard InChI is InChI=1S/C50H32N4.C44H27FN4.C38H22FN3O/c1-2-12-35(13-3-1)53-44-19-8-5-14-36(44)41-29-33(24-27-46(41)53)34-25-28-47-42(30-34)37-15-6-9-20-45(37)54(47)50-51-43-18-7-4-16-40(43)49(52-50)39-26-23-32-22-21-31-11-10-17-38(39)48(31)32;45-31-22-18-28(19-23-31)43-35-14-4-7-15-38(35)46-44(47-43)49-40-17-9-6-13-34(40)37-27-30(21-25-42(37)49)29-20-24-41-36(26-29)33-12-5-8-16-39(33)48(41)32-10-2-1-3-11-32;39-26-17-13-23(14-18-26)37-29-9-1-4-10-32(29)40-38(41-37)42-33-11-5-2-7-27(33)30-21-24(15-19-34(30)42)25-16-20-36-31(22-25)28-8-3-6-12-35(28)43-36/h1-20,23-30H,21-22H2;1-27H;1-22H. The molecule has 0 radical (unpaired) electrons. The van der Waals surface area contributed by atoms with Crippen molar-refractivity contribution < 1.29 is 13.2 Å². The molecule has 30 aromatic rings. The molecule has 21 aromatic carbocycles. The smallest absolute Gasteiger partial charge is 0.235 e. The summed E-state index contributed by atoms with van der Waals surface area (Å²) in [7, 11) is 0. The van der Waals surface area contributed by atoms with Crippen LogP contribution in [0.5, 0.6) is 0 Å². The average molecular weight is 1880 g/mol. The highest BCUT2D eigenvalue weighted by atomic mass is 19.1. The van der Waals surface area contributed by atoms with Crippen molar-refractivity contribution in [2.75, 3.05) is 0 Å². The molecule has 0 atom stereocenters. The number of aryl methyl sites for hydroxylation is 2. The number of benzene rings is 21. The predicted molar refractivity (Wildman–Crippen MR) is 595 cm³/mol. The Balaban J connectivity index is 0.000000104. The molecule has 0 saturated heterocycles. The second-order valence-corrected chi connectivity index (χ2v) is 37.7. The summed E-state index contributed by atoms with van der Waals surface area (Å²) in [5.74, 6) is 1.28. The van der Waals surface area contributed by atoms with Gasteiger partial charge in [0.05, 0.1) is 88.8 Å². The van der Waals surface area contributed by atoms with Crippen LogP contribution in [0.25, 0.3) is 271 Å². The normalized spacial score (nSPS) is 12.1. The number of aromatic nitrogens is 11. The van der Waals surface area contributed by atoms with Crippen LogP contribution in [0.2, 0.25) is 0 Å². The van der Waals surface area contributed by atoms with Gasteiger partial charge in [0.25, 0.3) is 0 Å². The van der Waals surface area contributed by atoms with E-state index in [0.717, 1.165) is 184 Å². The molecule has 9 aromatic heterocycles. The lowest BCUT2D eigenvalue weighted by atomic mass is 9.96. The van der Waals surface area contributed by atoms with E-state index in [0.29, 0.717) is 17.8 Å². The SMILES string of the molecule is Fc1ccc(-c2nc(-n3c4ccccc4c4cc(-c5ccc6c(c5)c5ccccc5n6-c5ccccc5)ccc43)nc3ccccc23)cc1.Fc1ccc(-c2nc(-n3c4ccccc4c4cc(-c5ccc6oc7ccccc7c6c5)ccc43)nc3ccccc23)cc1.c1ccc(-n2c3ccccc3c3cc(-c4ccc5c(c4)c4ccccc4n5-c4nc(-c5ccc6c7c(cccc57)CC6)c5ccccc5n4)ccc32)cc1. The van der Waals surface area contributed by atoms with Crippen LogP contribution in [-0.2, 0) is 12.8 Å². The molecular formula is C132H81F2N11O. The molecule has 0 bridgehead atoms. The summed E-state index contributed by atoms with van der Waals surface area (Å²) in [5.41, 5.74) is 32.8. The van der Waals surface area contributed by atoms with Crippen molar-refractivity contribution in [1.82, 2.24) is 52.7 Å². The number of para-hydroxylation sites is 11. The number of halogens is 2. The third-order valence-electron chi connectivity index (χ3n) is 29.5. The van der Waals surface area contributed by atoms with Crippen LogP contribution in [0, 0.1) is 11.6 Å². The van der Waals surface area contributed by atoms with Gasteiger partial charge in [0, 0.05) is 109 Å². The van der Waals surface area contributed by atoms with Crippen molar-refractivity contribution in [3.05, 3.63) is 490 Å². The van der Waals surface area contributed by atoms with E-state index in [2.05, 4.69) is 369 Å². The van der Waals surface area contributed by atoms with Gasteiger partial charge < -0.3 is 13.6 Å². The predicted octanol–water partition coefficient (Wildman–Crippen LogP) is 33.8. The zero-order valence-corrected chi connectivity index (χ0v) is 78.5. The van der Waals surface area contributed by atoms with Gasteiger partial charge in [0.15, 0.2) is 0 Å². The molecule has 0 N–H and O–H groups in total. The number of rotatable bonds is 11. The van der Waals surface area contributed by atoms with Gasteiger partial charge in [-0.05, 0) is 268 Å². The first-order valence-corrected chi connectivity index (χ1v) is 49.3. The molecule has 0 amide bonds. The van der Waals surface area contributed by atoms with Gasteiger partial charge in [0.1, 0.15) is 22.8 Å². The largest absolute Gasteiger partial charge is 0.456 e. The highest BCUT2D eigenvalue weighted by Gasteiger charge is 2.27. The fraction of sp³-hybridized carbons (Fsp3) is 0.0152. The fourth-order valence-electron chi connectivity index (χ4n) is 22.8. The zero-order valence-electron chi connectivity index (χ0n) is 78.5. The second kappa shape index (κ2) is 33.7. The van der Waals surface area contributed by atoms with Gasteiger partial charge in [0.2, 0.25) is 17.8 Å². The van der Waals surface area contributed by atoms with E-state index in [9.17, 15) is 8.78 Å². The first-order valence-electron chi connectivity index (χ1n) is 49.3. The number of hydrogen-bond acceptors (Lipinski definition) is 7. The maximum Gasteiger partial charge on any atom is 0.235 e. The van der Waals surface area contributed by atoms with Crippen molar-refractivity contribution in [2.45, 2.75) is 12.8 Å². The molecule has 0 unspecified atom stereocenters. The Bertz CT molecular complexity index is 10600. The molecule has 14 heteroatoms.